The zero-order valence-corrected chi connectivity index (χ0v) is 11.1. The summed E-state index contributed by atoms with van der Waals surface area (Å²) in [7, 11) is 0. The number of benzene rings is 2. The van der Waals surface area contributed by atoms with Gasteiger partial charge in [-0.05, 0) is 36.1 Å². The van der Waals surface area contributed by atoms with Gasteiger partial charge in [-0.15, -0.1) is 0 Å². The molecule has 0 saturated carbocycles. The van der Waals surface area contributed by atoms with Crippen LogP contribution < -0.4 is 0 Å². The average Bonchev–Trinajstić information content (AvgIpc) is 2.89. The standard InChI is InChI=1S/C17H16N2O/c20-17-8-4-2-6-15(17)12-19-18-11-14-10-9-13-5-1-3-7-16(13)14/h1-8,11-12,14,20H,9-10H2/b18-11?,19-12+. The fourth-order valence-electron chi connectivity index (χ4n) is 2.56. The second kappa shape index (κ2) is 5.70. The Labute approximate surface area is 118 Å². The summed E-state index contributed by atoms with van der Waals surface area (Å²) in [6.45, 7) is 0. The van der Waals surface area contributed by atoms with Crippen molar-refractivity contribution in [3.05, 3.63) is 65.2 Å². The SMILES string of the molecule is Oc1ccccc1/C=N/N=CC1CCc2ccccc21. The first-order valence-corrected chi connectivity index (χ1v) is 6.77. The lowest BCUT2D eigenvalue weighted by Crippen LogP contribution is -1.93. The fourth-order valence-corrected chi connectivity index (χ4v) is 2.56. The molecule has 1 unspecified atom stereocenters. The van der Waals surface area contributed by atoms with Gasteiger partial charge >= 0.3 is 0 Å². The van der Waals surface area contributed by atoms with E-state index in [-0.39, 0.29) is 5.75 Å². The second-order valence-electron chi connectivity index (χ2n) is 4.91. The minimum Gasteiger partial charge on any atom is -0.507 e. The van der Waals surface area contributed by atoms with Gasteiger partial charge < -0.3 is 5.11 Å². The van der Waals surface area contributed by atoms with Crippen LogP contribution in [0.3, 0.4) is 0 Å². The monoisotopic (exact) mass is 264 g/mol. The van der Waals surface area contributed by atoms with Crippen molar-refractivity contribution in [2.75, 3.05) is 0 Å². The number of phenols is 1. The van der Waals surface area contributed by atoms with Crippen molar-refractivity contribution in [1.29, 1.82) is 0 Å². The number of hydrogen-bond donors (Lipinski definition) is 1. The summed E-state index contributed by atoms with van der Waals surface area (Å²) >= 11 is 0. The predicted molar refractivity (Wildman–Crippen MR) is 81.7 cm³/mol. The molecule has 0 heterocycles. The lowest BCUT2D eigenvalue weighted by Gasteiger charge is -2.03. The summed E-state index contributed by atoms with van der Waals surface area (Å²) < 4.78 is 0. The Bertz CT molecular complexity index is 662. The Balaban J connectivity index is 1.69. The van der Waals surface area contributed by atoms with Gasteiger partial charge in [-0.1, -0.05) is 36.4 Å². The zero-order valence-electron chi connectivity index (χ0n) is 11.1. The minimum absolute atomic E-state index is 0.220. The van der Waals surface area contributed by atoms with Crippen molar-refractivity contribution in [2.45, 2.75) is 18.8 Å². The number of aromatic hydroxyl groups is 1. The summed E-state index contributed by atoms with van der Waals surface area (Å²) in [6.07, 6.45) is 5.67. The molecule has 2 aromatic carbocycles. The van der Waals surface area contributed by atoms with E-state index in [1.54, 1.807) is 24.4 Å². The van der Waals surface area contributed by atoms with Crippen LogP contribution in [0.5, 0.6) is 5.75 Å². The normalized spacial score (nSPS) is 17.9. The highest BCUT2D eigenvalue weighted by molar-refractivity contribution is 5.83. The Morgan fingerprint density at radius 2 is 1.80 bits per heavy atom. The van der Waals surface area contributed by atoms with E-state index in [1.165, 1.54) is 11.1 Å². The Hall–Kier alpha value is -2.42. The van der Waals surface area contributed by atoms with Crippen LogP contribution in [-0.4, -0.2) is 17.5 Å². The van der Waals surface area contributed by atoms with E-state index in [4.69, 9.17) is 0 Å². The molecule has 0 amide bonds. The number of nitrogens with zero attached hydrogens (tertiary/aromatic N) is 2. The van der Waals surface area contributed by atoms with Gasteiger partial charge in [0.05, 0.1) is 6.21 Å². The molecule has 1 aliphatic carbocycles. The van der Waals surface area contributed by atoms with E-state index in [2.05, 4.69) is 34.5 Å². The molecule has 1 atom stereocenters. The molecule has 3 nitrogen and oxygen atoms in total. The highest BCUT2D eigenvalue weighted by Gasteiger charge is 2.19. The lowest BCUT2D eigenvalue weighted by molar-refractivity contribution is 0.474. The molecule has 0 radical (unpaired) electrons. The third kappa shape index (κ3) is 2.62. The third-order valence-corrected chi connectivity index (χ3v) is 3.63. The largest absolute Gasteiger partial charge is 0.507 e. The quantitative estimate of drug-likeness (QED) is 0.669. The van der Waals surface area contributed by atoms with Crippen molar-refractivity contribution < 1.29 is 5.11 Å². The van der Waals surface area contributed by atoms with Crippen LogP contribution >= 0.6 is 0 Å². The number of para-hydroxylation sites is 1. The van der Waals surface area contributed by atoms with Crippen LogP contribution in [0.15, 0.2) is 58.7 Å². The molecule has 100 valence electrons. The molecule has 3 rings (SSSR count). The molecule has 0 aliphatic heterocycles. The average molecular weight is 264 g/mol. The number of hydrogen-bond acceptors (Lipinski definition) is 3. The molecule has 0 fully saturated rings. The predicted octanol–water partition coefficient (Wildman–Crippen LogP) is 3.53. The van der Waals surface area contributed by atoms with Crippen LogP contribution in [0, 0.1) is 0 Å². The maximum absolute atomic E-state index is 9.61. The Morgan fingerprint density at radius 1 is 1.00 bits per heavy atom. The maximum atomic E-state index is 9.61. The summed E-state index contributed by atoms with van der Waals surface area (Å²) in [4.78, 5) is 0. The Kier molecular flexibility index (Phi) is 3.59. The molecule has 2 aromatic rings. The van der Waals surface area contributed by atoms with Gasteiger partial charge in [-0.25, -0.2) is 0 Å². The number of fused-ring (bicyclic) bond motifs is 1. The summed E-state index contributed by atoms with van der Waals surface area (Å²) in [5.41, 5.74) is 3.44. The fraction of sp³-hybridized carbons (Fsp3) is 0.176. The molecular weight excluding hydrogens is 248 g/mol. The number of rotatable bonds is 3. The van der Waals surface area contributed by atoms with Gasteiger partial charge in [0.1, 0.15) is 5.75 Å². The second-order valence-corrected chi connectivity index (χ2v) is 4.91. The van der Waals surface area contributed by atoms with E-state index in [9.17, 15) is 5.11 Å². The Morgan fingerprint density at radius 3 is 2.70 bits per heavy atom. The van der Waals surface area contributed by atoms with E-state index in [0.29, 0.717) is 11.5 Å². The highest BCUT2D eigenvalue weighted by atomic mass is 16.3. The smallest absolute Gasteiger partial charge is 0.124 e. The highest BCUT2D eigenvalue weighted by Crippen LogP contribution is 2.31. The zero-order chi connectivity index (χ0) is 13.8. The van der Waals surface area contributed by atoms with Crippen molar-refractivity contribution in [3.8, 4) is 5.75 Å². The molecule has 3 heteroatoms. The minimum atomic E-state index is 0.220. The van der Waals surface area contributed by atoms with Crippen LogP contribution in [0.25, 0.3) is 0 Å². The molecule has 0 bridgehead atoms. The van der Waals surface area contributed by atoms with Crippen LogP contribution in [0.4, 0.5) is 0 Å². The van der Waals surface area contributed by atoms with E-state index >= 15 is 0 Å². The molecule has 20 heavy (non-hydrogen) atoms. The van der Waals surface area contributed by atoms with Crippen LogP contribution in [-0.2, 0) is 6.42 Å². The van der Waals surface area contributed by atoms with Crippen molar-refractivity contribution in [3.63, 3.8) is 0 Å². The van der Waals surface area contributed by atoms with Crippen molar-refractivity contribution >= 4 is 12.4 Å². The number of aryl methyl sites for hydroxylation is 1. The molecule has 1 aliphatic rings. The summed E-state index contributed by atoms with van der Waals surface area (Å²) in [6, 6.07) is 15.6. The topological polar surface area (TPSA) is 45.0 Å². The molecule has 1 N–H and O–H groups in total. The first kappa shape index (κ1) is 12.6. The van der Waals surface area contributed by atoms with Gasteiger partial charge in [0.2, 0.25) is 0 Å². The maximum Gasteiger partial charge on any atom is 0.124 e. The van der Waals surface area contributed by atoms with Crippen molar-refractivity contribution in [1.82, 2.24) is 0 Å². The molecule has 0 aromatic heterocycles. The first-order valence-electron chi connectivity index (χ1n) is 6.77. The van der Waals surface area contributed by atoms with Crippen LogP contribution in [0.1, 0.15) is 29.0 Å². The van der Waals surface area contributed by atoms with Gasteiger partial charge in [-0.2, -0.15) is 10.2 Å². The summed E-state index contributed by atoms with van der Waals surface area (Å²) in [5.74, 6) is 0.574. The van der Waals surface area contributed by atoms with Crippen molar-refractivity contribution in [2.24, 2.45) is 10.2 Å². The molecule has 0 spiro atoms. The molecule has 0 saturated heterocycles. The van der Waals surface area contributed by atoms with Gasteiger partial charge in [0.15, 0.2) is 0 Å². The lowest BCUT2D eigenvalue weighted by atomic mass is 10.0. The van der Waals surface area contributed by atoms with E-state index in [0.717, 1.165) is 12.8 Å². The van der Waals surface area contributed by atoms with E-state index in [1.807, 2.05) is 12.3 Å². The first-order chi connectivity index (χ1) is 9.84. The number of phenolic OH excluding ortho intramolecular Hbond substituents is 1. The van der Waals surface area contributed by atoms with E-state index < -0.39 is 0 Å². The van der Waals surface area contributed by atoms with Gasteiger partial charge in [-0.3, -0.25) is 0 Å². The van der Waals surface area contributed by atoms with Crippen LogP contribution in [0.2, 0.25) is 0 Å². The van der Waals surface area contributed by atoms with Gasteiger partial charge in [0.25, 0.3) is 0 Å². The molecular formula is C17H16N2O. The summed E-state index contributed by atoms with van der Waals surface area (Å²) in [5, 5.41) is 17.8. The van der Waals surface area contributed by atoms with Gasteiger partial charge in [0, 0.05) is 17.7 Å². The third-order valence-electron chi connectivity index (χ3n) is 3.63.